The molecule has 1 heterocycles. The van der Waals surface area contributed by atoms with Crippen LogP contribution in [0.15, 0.2) is 51.7 Å². The monoisotopic (exact) mass is 310 g/mol. The van der Waals surface area contributed by atoms with Gasteiger partial charge in [0.2, 0.25) is 5.75 Å². The molecule has 1 aromatic heterocycles. The van der Waals surface area contributed by atoms with Gasteiger partial charge in [0.15, 0.2) is 11.3 Å². The van der Waals surface area contributed by atoms with Gasteiger partial charge in [-0.1, -0.05) is 45.0 Å². The molecule has 0 unspecified atom stereocenters. The van der Waals surface area contributed by atoms with Crippen LogP contribution in [0.2, 0.25) is 0 Å². The van der Waals surface area contributed by atoms with Crippen LogP contribution in [-0.2, 0) is 5.41 Å². The average molecular weight is 310 g/mol. The Morgan fingerprint density at radius 2 is 1.61 bits per heavy atom. The van der Waals surface area contributed by atoms with Gasteiger partial charge < -0.3 is 14.6 Å². The van der Waals surface area contributed by atoms with Crippen molar-refractivity contribution >= 4 is 11.0 Å². The van der Waals surface area contributed by atoms with E-state index in [-0.39, 0.29) is 16.7 Å². The molecule has 0 spiro atoms. The maximum atomic E-state index is 12.2. The van der Waals surface area contributed by atoms with Crippen LogP contribution in [0.1, 0.15) is 26.3 Å². The van der Waals surface area contributed by atoms with Crippen LogP contribution in [0.25, 0.3) is 22.1 Å². The van der Waals surface area contributed by atoms with Gasteiger partial charge in [-0.3, -0.25) is 0 Å². The van der Waals surface area contributed by atoms with Crippen molar-refractivity contribution in [2.24, 2.45) is 0 Å². The fourth-order valence-electron chi connectivity index (χ4n) is 2.51. The highest BCUT2D eigenvalue weighted by atomic mass is 16.4. The third kappa shape index (κ3) is 2.68. The van der Waals surface area contributed by atoms with Gasteiger partial charge in [-0.05, 0) is 34.7 Å². The third-order valence-electron chi connectivity index (χ3n) is 3.92. The topological polar surface area (TPSA) is 70.7 Å². The number of hydrogen-bond donors (Lipinski definition) is 2. The Hall–Kier alpha value is -2.75. The summed E-state index contributed by atoms with van der Waals surface area (Å²) in [5.74, 6) is -0.739. The van der Waals surface area contributed by atoms with Crippen LogP contribution in [0, 0.1) is 0 Å². The van der Waals surface area contributed by atoms with Crippen LogP contribution in [-0.4, -0.2) is 10.2 Å². The van der Waals surface area contributed by atoms with Crippen molar-refractivity contribution in [3.8, 4) is 22.6 Å². The van der Waals surface area contributed by atoms with Gasteiger partial charge in [0.1, 0.15) is 0 Å². The molecule has 23 heavy (non-hydrogen) atoms. The molecule has 0 aliphatic heterocycles. The van der Waals surface area contributed by atoms with Gasteiger partial charge in [-0.15, -0.1) is 0 Å². The first-order valence-corrected chi connectivity index (χ1v) is 7.37. The van der Waals surface area contributed by atoms with Gasteiger partial charge >= 0.3 is 5.63 Å². The molecular formula is C19H18O4. The number of phenolic OH excluding ortho intramolecular Hbond substituents is 2. The zero-order valence-corrected chi connectivity index (χ0v) is 13.3. The molecule has 3 aromatic rings. The lowest BCUT2D eigenvalue weighted by molar-refractivity contribution is 0.398. The number of aromatic hydroxyl groups is 2. The Kier molecular flexibility index (Phi) is 3.40. The van der Waals surface area contributed by atoms with Crippen molar-refractivity contribution in [3.63, 3.8) is 0 Å². The molecule has 0 saturated carbocycles. The Morgan fingerprint density at radius 1 is 0.957 bits per heavy atom. The van der Waals surface area contributed by atoms with Gasteiger partial charge in [0.25, 0.3) is 0 Å². The molecule has 118 valence electrons. The normalized spacial score (nSPS) is 11.8. The lowest BCUT2D eigenvalue weighted by Crippen LogP contribution is -2.10. The van der Waals surface area contributed by atoms with Gasteiger partial charge in [-0.25, -0.2) is 4.79 Å². The van der Waals surface area contributed by atoms with Crippen LogP contribution >= 0.6 is 0 Å². The molecule has 0 atom stereocenters. The zero-order valence-electron chi connectivity index (χ0n) is 13.3. The SMILES string of the molecule is CC(C)(C)c1ccc(-c2cc3ccc(O)c(O)c3oc2=O)cc1. The zero-order chi connectivity index (χ0) is 16.8. The predicted octanol–water partition coefficient (Wildman–Crippen LogP) is 4.17. The smallest absolute Gasteiger partial charge is 0.344 e. The molecule has 2 aromatic carbocycles. The molecule has 0 bridgehead atoms. The second-order valence-corrected chi connectivity index (χ2v) is 6.63. The van der Waals surface area contributed by atoms with Crippen molar-refractivity contribution in [3.05, 3.63) is 58.4 Å². The van der Waals surface area contributed by atoms with Gasteiger partial charge in [-0.2, -0.15) is 0 Å². The molecule has 2 N–H and O–H groups in total. The maximum absolute atomic E-state index is 12.2. The Labute approximate surface area is 133 Å². The summed E-state index contributed by atoms with van der Waals surface area (Å²) in [6.07, 6.45) is 0. The fourth-order valence-corrected chi connectivity index (χ4v) is 2.51. The molecule has 0 saturated heterocycles. The summed E-state index contributed by atoms with van der Waals surface area (Å²) in [5, 5.41) is 19.8. The lowest BCUT2D eigenvalue weighted by atomic mass is 9.86. The summed E-state index contributed by atoms with van der Waals surface area (Å²) in [4.78, 5) is 12.2. The van der Waals surface area contributed by atoms with Crippen LogP contribution < -0.4 is 5.63 Å². The summed E-state index contributed by atoms with van der Waals surface area (Å²) in [7, 11) is 0. The van der Waals surface area contributed by atoms with E-state index in [0.29, 0.717) is 10.9 Å². The van der Waals surface area contributed by atoms with Gasteiger partial charge in [0, 0.05) is 5.39 Å². The molecule has 0 radical (unpaired) electrons. The Bertz CT molecular complexity index is 928. The largest absolute Gasteiger partial charge is 0.504 e. The minimum absolute atomic E-state index is 0.00920. The number of fused-ring (bicyclic) bond motifs is 1. The molecule has 4 nitrogen and oxygen atoms in total. The molecule has 0 fully saturated rings. The third-order valence-corrected chi connectivity index (χ3v) is 3.92. The summed E-state index contributed by atoms with van der Waals surface area (Å²) < 4.78 is 5.19. The van der Waals surface area contributed by atoms with E-state index in [1.54, 1.807) is 12.1 Å². The van der Waals surface area contributed by atoms with E-state index < -0.39 is 11.4 Å². The fraction of sp³-hybridized carbons (Fsp3) is 0.211. The molecule has 0 amide bonds. The molecule has 0 aliphatic rings. The Balaban J connectivity index is 2.15. The molecule has 0 aliphatic carbocycles. The minimum Gasteiger partial charge on any atom is -0.504 e. The standard InChI is InChI=1S/C19H18O4/c1-19(2,3)13-7-4-11(5-8-13)14-10-12-6-9-15(20)16(21)17(12)23-18(14)22/h4-10,20-21H,1-3H3. The van der Waals surface area contributed by atoms with Gasteiger partial charge in [0.05, 0.1) is 5.56 Å². The van der Waals surface area contributed by atoms with Crippen molar-refractivity contribution in [2.45, 2.75) is 26.2 Å². The first-order chi connectivity index (χ1) is 10.8. The van der Waals surface area contributed by atoms with E-state index in [0.717, 1.165) is 5.56 Å². The molecule has 3 rings (SSSR count). The summed E-state index contributed by atoms with van der Waals surface area (Å²) in [5.41, 5.74) is 1.82. The molecular weight excluding hydrogens is 292 g/mol. The van der Waals surface area contributed by atoms with Crippen LogP contribution in [0.4, 0.5) is 0 Å². The van der Waals surface area contributed by atoms with Crippen molar-refractivity contribution in [1.29, 1.82) is 0 Å². The summed E-state index contributed by atoms with van der Waals surface area (Å²) in [6, 6.07) is 12.4. The van der Waals surface area contributed by atoms with Crippen molar-refractivity contribution < 1.29 is 14.6 Å². The quantitative estimate of drug-likeness (QED) is 0.523. The van der Waals surface area contributed by atoms with Crippen LogP contribution in [0.3, 0.4) is 0 Å². The second kappa shape index (κ2) is 5.16. The summed E-state index contributed by atoms with van der Waals surface area (Å²) in [6.45, 7) is 6.38. The number of phenols is 2. The Morgan fingerprint density at radius 3 is 2.22 bits per heavy atom. The second-order valence-electron chi connectivity index (χ2n) is 6.63. The molecule has 4 heteroatoms. The maximum Gasteiger partial charge on any atom is 0.344 e. The average Bonchev–Trinajstić information content (AvgIpc) is 2.50. The highest BCUT2D eigenvalue weighted by molar-refractivity contribution is 5.87. The van der Waals surface area contributed by atoms with Crippen molar-refractivity contribution in [1.82, 2.24) is 0 Å². The first-order valence-electron chi connectivity index (χ1n) is 7.37. The predicted molar refractivity (Wildman–Crippen MR) is 89.9 cm³/mol. The van der Waals surface area contributed by atoms with Crippen LogP contribution in [0.5, 0.6) is 11.5 Å². The number of hydrogen-bond acceptors (Lipinski definition) is 4. The highest BCUT2D eigenvalue weighted by Gasteiger charge is 2.15. The first kappa shape index (κ1) is 15.2. The van der Waals surface area contributed by atoms with E-state index in [1.165, 1.54) is 11.6 Å². The summed E-state index contributed by atoms with van der Waals surface area (Å²) >= 11 is 0. The van der Waals surface area contributed by atoms with E-state index in [1.807, 2.05) is 24.3 Å². The number of rotatable bonds is 1. The van der Waals surface area contributed by atoms with E-state index in [2.05, 4.69) is 20.8 Å². The van der Waals surface area contributed by atoms with E-state index in [4.69, 9.17) is 4.42 Å². The highest BCUT2D eigenvalue weighted by Crippen LogP contribution is 2.34. The lowest BCUT2D eigenvalue weighted by Gasteiger charge is -2.19. The number of benzene rings is 2. The van der Waals surface area contributed by atoms with Crippen molar-refractivity contribution in [2.75, 3.05) is 0 Å². The van der Waals surface area contributed by atoms with E-state index in [9.17, 15) is 15.0 Å². The minimum atomic E-state index is -0.554. The van der Waals surface area contributed by atoms with E-state index >= 15 is 0 Å².